The molecule has 1 N–H and O–H groups in total. The van der Waals surface area contributed by atoms with Crippen LogP contribution in [-0.4, -0.2) is 11.2 Å². The number of rotatable bonds is 7. The van der Waals surface area contributed by atoms with Crippen molar-refractivity contribution in [1.82, 2.24) is 0 Å². The molecule has 21 heavy (non-hydrogen) atoms. The molecular formula is C19H24O2. The summed E-state index contributed by atoms with van der Waals surface area (Å²) in [5.41, 5.74) is 2.32. The molecule has 0 saturated heterocycles. The standard InChI is InChI=1S/C19H24O2/c1-3-7-19(20)15(2)17-10-12-18(13-11-17)21-14-16-8-5-4-6-9-16/h4-6,8-13,15,19-20H,3,7,14H2,1-2H3. The van der Waals surface area contributed by atoms with E-state index in [1.54, 1.807) is 0 Å². The molecule has 2 heteroatoms. The maximum atomic E-state index is 10.1. The Labute approximate surface area is 127 Å². The van der Waals surface area contributed by atoms with Gasteiger partial charge in [0.25, 0.3) is 0 Å². The SMILES string of the molecule is CCCC(O)C(C)c1ccc(OCc2ccccc2)cc1. The number of hydrogen-bond acceptors (Lipinski definition) is 2. The third-order valence-corrected chi connectivity index (χ3v) is 3.82. The van der Waals surface area contributed by atoms with Crippen molar-refractivity contribution < 1.29 is 9.84 Å². The first-order valence-corrected chi connectivity index (χ1v) is 7.65. The second-order valence-corrected chi connectivity index (χ2v) is 5.49. The van der Waals surface area contributed by atoms with Crippen LogP contribution in [-0.2, 0) is 6.61 Å². The highest BCUT2D eigenvalue weighted by atomic mass is 16.5. The van der Waals surface area contributed by atoms with Crippen molar-refractivity contribution in [3.8, 4) is 5.75 Å². The molecule has 2 aromatic carbocycles. The molecule has 2 unspecified atom stereocenters. The van der Waals surface area contributed by atoms with E-state index < -0.39 is 0 Å². The topological polar surface area (TPSA) is 29.5 Å². The highest BCUT2D eigenvalue weighted by molar-refractivity contribution is 5.30. The molecule has 0 aliphatic carbocycles. The minimum atomic E-state index is -0.272. The zero-order valence-corrected chi connectivity index (χ0v) is 12.8. The Bertz CT molecular complexity index is 519. The molecule has 0 aliphatic rings. The van der Waals surface area contributed by atoms with Gasteiger partial charge < -0.3 is 9.84 Å². The smallest absolute Gasteiger partial charge is 0.119 e. The highest BCUT2D eigenvalue weighted by Gasteiger charge is 2.15. The minimum absolute atomic E-state index is 0.160. The van der Waals surface area contributed by atoms with Gasteiger partial charge in [0, 0.05) is 5.92 Å². The van der Waals surface area contributed by atoms with E-state index in [0.29, 0.717) is 6.61 Å². The van der Waals surface area contributed by atoms with Crippen LogP contribution < -0.4 is 4.74 Å². The molecule has 2 atom stereocenters. The summed E-state index contributed by atoms with van der Waals surface area (Å²) in [5, 5.41) is 10.1. The van der Waals surface area contributed by atoms with E-state index in [2.05, 4.69) is 26.0 Å². The fraction of sp³-hybridized carbons (Fsp3) is 0.368. The highest BCUT2D eigenvalue weighted by Crippen LogP contribution is 2.24. The van der Waals surface area contributed by atoms with Crippen molar-refractivity contribution in [2.24, 2.45) is 0 Å². The van der Waals surface area contributed by atoms with Gasteiger partial charge in [0.15, 0.2) is 0 Å². The van der Waals surface area contributed by atoms with Crippen LogP contribution >= 0.6 is 0 Å². The van der Waals surface area contributed by atoms with Crippen molar-refractivity contribution in [1.29, 1.82) is 0 Å². The van der Waals surface area contributed by atoms with Crippen LogP contribution in [0.3, 0.4) is 0 Å². The van der Waals surface area contributed by atoms with Gasteiger partial charge in [-0.3, -0.25) is 0 Å². The van der Waals surface area contributed by atoms with Gasteiger partial charge in [-0.2, -0.15) is 0 Å². The predicted molar refractivity (Wildman–Crippen MR) is 86.5 cm³/mol. The molecule has 0 radical (unpaired) electrons. The molecule has 0 bridgehead atoms. The fourth-order valence-electron chi connectivity index (χ4n) is 2.38. The van der Waals surface area contributed by atoms with E-state index in [0.717, 1.165) is 29.7 Å². The first kappa shape index (κ1) is 15.6. The van der Waals surface area contributed by atoms with E-state index in [1.165, 1.54) is 0 Å². The summed E-state index contributed by atoms with van der Waals surface area (Å²) in [6, 6.07) is 18.2. The molecule has 0 amide bonds. The maximum absolute atomic E-state index is 10.1. The molecule has 0 heterocycles. The van der Waals surface area contributed by atoms with Crippen molar-refractivity contribution in [3.63, 3.8) is 0 Å². The van der Waals surface area contributed by atoms with E-state index in [1.807, 2.05) is 42.5 Å². The molecule has 0 aliphatic heterocycles. The van der Waals surface area contributed by atoms with Crippen LogP contribution in [0.1, 0.15) is 43.7 Å². The molecule has 0 saturated carbocycles. The van der Waals surface area contributed by atoms with E-state index in [9.17, 15) is 5.11 Å². The number of hydrogen-bond donors (Lipinski definition) is 1. The average molecular weight is 284 g/mol. The summed E-state index contributed by atoms with van der Waals surface area (Å²) in [4.78, 5) is 0. The summed E-state index contributed by atoms with van der Waals surface area (Å²) in [5.74, 6) is 1.02. The quantitative estimate of drug-likeness (QED) is 0.809. The van der Waals surface area contributed by atoms with Crippen molar-refractivity contribution >= 4 is 0 Å². The lowest BCUT2D eigenvalue weighted by Crippen LogP contribution is -2.15. The Kier molecular flexibility index (Phi) is 5.82. The minimum Gasteiger partial charge on any atom is -0.489 e. The largest absolute Gasteiger partial charge is 0.489 e. The van der Waals surface area contributed by atoms with Crippen LogP contribution in [0.25, 0.3) is 0 Å². The second kappa shape index (κ2) is 7.84. The Hall–Kier alpha value is -1.80. The summed E-state index contributed by atoms with van der Waals surface area (Å²) in [6.45, 7) is 4.74. The predicted octanol–water partition coefficient (Wildman–Crippen LogP) is 4.53. The van der Waals surface area contributed by atoms with Crippen LogP contribution in [0, 0.1) is 0 Å². The normalized spacial score (nSPS) is 13.7. The third-order valence-electron chi connectivity index (χ3n) is 3.82. The lowest BCUT2D eigenvalue weighted by atomic mass is 9.93. The summed E-state index contributed by atoms with van der Waals surface area (Å²) in [6.07, 6.45) is 1.57. The molecule has 2 rings (SSSR count). The van der Waals surface area contributed by atoms with Gasteiger partial charge in [0.05, 0.1) is 6.10 Å². The molecular weight excluding hydrogens is 260 g/mol. The molecule has 2 nitrogen and oxygen atoms in total. The zero-order chi connectivity index (χ0) is 15.1. The van der Waals surface area contributed by atoms with Gasteiger partial charge >= 0.3 is 0 Å². The van der Waals surface area contributed by atoms with Crippen LogP contribution in [0.4, 0.5) is 0 Å². The first-order valence-electron chi connectivity index (χ1n) is 7.65. The van der Waals surface area contributed by atoms with Gasteiger partial charge in [-0.15, -0.1) is 0 Å². The van der Waals surface area contributed by atoms with Gasteiger partial charge in [-0.1, -0.05) is 62.7 Å². The molecule has 0 aromatic heterocycles. The average Bonchev–Trinajstić information content (AvgIpc) is 2.54. The van der Waals surface area contributed by atoms with Crippen LogP contribution in [0.15, 0.2) is 54.6 Å². The first-order chi connectivity index (χ1) is 10.2. The van der Waals surface area contributed by atoms with E-state index in [-0.39, 0.29) is 12.0 Å². The van der Waals surface area contributed by atoms with Crippen LogP contribution in [0.5, 0.6) is 5.75 Å². The second-order valence-electron chi connectivity index (χ2n) is 5.49. The monoisotopic (exact) mass is 284 g/mol. The number of aliphatic hydroxyl groups excluding tert-OH is 1. The van der Waals surface area contributed by atoms with E-state index >= 15 is 0 Å². The lowest BCUT2D eigenvalue weighted by Gasteiger charge is -2.19. The summed E-state index contributed by atoms with van der Waals surface area (Å²) >= 11 is 0. The summed E-state index contributed by atoms with van der Waals surface area (Å²) < 4.78 is 5.77. The Morgan fingerprint density at radius 3 is 2.29 bits per heavy atom. The third kappa shape index (κ3) is 4.61. The van der Waals surface area contributed by atoms with Crippen molar-refractivity contribution in [2.75, 3.05) is 0 Å². The Morgan fingerprint density at radius 1 is 1.00 bits per heavy atom. The molecule has 2 aromatic rings. The van der Waals surface area contributed by atoms with Crippen molar-refractivity contribution in [2.45, 2.75) is 45.3 Å². The maximum Gasteiger partial charge on any atom is 0.119 e. The van der Waals surface area contributed by atoms with E-state index in [4.69, 9.17) is 4.74 Å². The fourth-order valence-corrected chi connectivity index (χ4v) is 2.38. The van der Waals surface area contributed by atoms with Gasteiger partial charge in [-0.05, 0) is 29.7 Å². The number of benzene rings is 2. The number of aliphatic hydroxyl groups is 1. The molecule has 112 valence electrons. The lowest BCUT2D eigenvalue weighted by molar-refractivity contribution is 0.138. The van der Waals surface area contributed by atoms with Crippen LogP contribution in [0.2, 0.25) is 0 Å². The van der Waals surface area contributed by atoms with Gasteiger partial charge in [-0.25, -0.2) is 0 Å². The van der Waals surface area contributed by atoms with Gasteiger partial charge in [0.1, 0.15) is 12.4 Å². The summed E-state index contributed by atoms with van der Waals surface area (Å²) in [7, 11) is 0. The zero-order valence-electron chi connectivity index (χ0n) is 12.8. The molecule has 0 fully saturated rings. The Balaban J connectivity index is 1.92. The molecule has 0 spiro atoms. The Morgan fingerprint density at radius 2 is 1.67 bits per heavy atom. The van der Waals surface area contributed by atoms with Crippen molar-refractivity contribution in [3.05, 3.63) is 65.7 Å². The number of ether oxygens (including phenoxy) is 1. The van der Waals surface area contributed by atoms with Gasteiger partial charge in [0.2, 0.25) is 0 Å².